The van der Waals surface area contributed by atoms with Crippen molar-refractivity contribution in [1.82, 2.24) is 4.98 Å². The average molecular weight is 214 g/mol. The van der Waals surface area contributed by atoms with Gasteiger partial charge in [-0.25, -0.2) is 0 Å². The van der Waals surface area contributed by atoms with E-state index in [1.165, 1.54) is 6.20 Å². The molecule has 1 N–H and O–H groups in total. The van der Waals surface area contributed by atoms with Crippen LogP contribution in [0.15, 0.2) is 25.0 Å². The van der Waals surface area contributed by atoms with E-state index in [0.717, 1.165) is 6.20 Å². The molecule has 1 rings (SSSR count). The number of anilines is 1. The molecule has 14 heavy (non-hydrogen) atoms. The highest BCUT2D eigenvalue weighted by Crippen LogP contribution is 2.30. The highest BCUT2D eigenvalue weighted by molar-refractivity contribution is 6.33. The van der Waals surface area contributed by atoms with E-state index < -0.39 is 4.92 Å². The maximum atomic E-state index is 10.6. The van der Waals surface area contributed by atoms with Crippen molar-refractivity contribution < 1.29 is 4.92 Å². The van der Waals surface area contributed by atoms with Crippen LogP contribution in [0.2, 0.25) is 5.02 Å². The van der Waals surface area contributed by atoms with Gasteiger partial charge in [0.1, 0.15) is 11.9 Å². The Kier molecular flexibility index (Phi) is 3.41. The summed E-state index contributed by atoms with van der Waals surface area (Å²) in [7, 11) is 0. The fourth-order valence-corrected chi connectivity index (χ4v) is 1.13. The number of pyridine rings is 1. The maximum absolute atomic E-state index is 10.6. The predicted molar refractivity (Wildman–Crippen MR) is 54.6 cm³/mol. The zero-order valence-corrected chi connectivity index (χ0v) is 7.99. The molecular formula is C8H8ClN3O2. The molecule has 0 fully saturated rings. The Morgan fingerprint density at radius 1 is 1.71 bits per heavy atom. The summed E-state index contributed by atoms with van der Waals surface area (Å²) in [6.45, 7) is 3.90. The van der Waals surface area contributed by atoms with Crippen LogP contribution in [0.1, 0.15) is 0 Å². The number of halogens is 1. The Bertz CT molecular complexity index is 368. The zero-order chi connectivity index (χ0) is 10.6. The third kappa shape index (κ3) is 2.20. The van der Waals surface area contributed by atoms with Crippen molar-refractivity contribution in [1.29, 1.82) is 0 Å². The van der Waals surface area contributed by atoms with Crippen LogP contribution < -0.4 is 5.32 Å². The van der Waals surface area contributed by atoms with Crippen molar-refractivity contribution in [2.24, 2.45) is 0 Å². The molecule has 0 bridgehead atoms. The van der Waals surface area contributed by atoms with E-state index in [4.69, 9.17) is 11.6 Å². The Hall–Kier alpha value is -1.62. The molecule has 5 nitrogen and oxygen atoms in total. The minimum atomic E-state index is -0.537. The summed E-state index contributed by atoms with van der Waals surface area (Å²) < 4.78 is 0. The molecule has 0 aromatic carbocycles. The van der Waals surface area contributed by atoms with Gasteiger partial charge in [-0.1, -0.05) is 17.7 Å². The highest BCUT2D eigenvalue weighted by atomic mass is 35.5. The van der Waals surface area contributed by atoms with Gasteiger partial charge in [-0.2, -0.15) is 0 Å². The first-order valence-electron chi connectivity index (χ1n) is 3.79. The van der Waals surface area contributed by atoms with Crippen LogP contribution in [-0.2, 0) is 0 Å². The molecule has 0 aliphatic carbocycles. The standard InChI is InChI=1S/C8H8ClN3O2/c1-2-3-11-8-6(9)4-10-5-7(8)12(13)14/h2,4-5H,1,3H2,(H,10,11). The lowest BCUT2D eigenvalue weighted by atomic mass is 10.3. The molecule has 0 aliphatic heterocycles. The van der Waals surface area contributed by atoms with Gasteiger partial charge in [0.05, 0.1) is 9.95 Å². The summed E-state index contributed by atoms with van der Waals surface area (Å²) in [5, 5.41) is 13.6. The first kappa shape index (κ1) is 10.5. The second kappa shape index (κ2) is 4.57. The molecule has 1 aromatic heterocycles. The van der Waals surface area contributed by atoms with Crippen LogP contribution in [0.5, 0.6) is 0 Å². The first-order chi connectivity index (χ1) is 6.66. The van der Waals surface area contributed by atoms with E-state index >= 15 is 0 Å². The number of nitro groups is 1. The molecule has 0 amide bonds. The molecule has 1 aromatic rings. The van der Waals surface area contributed by atoms with Gasteiger partial charge in [0, 0.05) is 12.7 Å². The molecule has 0 saturated heterocycles. The van der Waals surface area contributed by atoms with Gasteiger partial charge in [0.15, 0.2) is 0 Å². The van der Waals surface area contributed by atoms with Gasteiger partial charge in [-0.3, -0.25) is 15.1 Å². The summed E-state index contributed by atoms with van der Waals surface area (Å²) >= 11 is 5.75. The van der Waals surface area contributed by atoms with E-state index in [-0.39, 0.29) is 16.4 Å². The predicted octanol–water partition coefficient (Wildman–Crippen LogP) is 2.24. The number of aromatic nitrogens is 1. The van der Waals surface area contributed by atoms with Gasteiger partial charge in [-0.05, 0) is 0 Å². The molecular weight excluding hydrogens is 206 g/mol. The van der Waals surface area contributed by atoms with Crippen molar-refractivity contribution in [3.63, 3.8) is 0 Å². The number of rotatable bonds is 4. The van der Waals surface area contributed by atoms with Crippen LogP contribution in [0.3, 0.4) is 0 Å². The normalized spacial score (nSPS) is 9.50. The lowest BCUT2D eigenvalue weighted by Crippen LogP contribution is -2.03. The van der Waals surface area contributed by atoms with Crippen LogP contribution in [0, 0.1) is 10.1 Å². The third-order valence-corrected chi connectivity index (χ3v) is 1.79. The molecule has 74 valence electrons. The summed E-state index contributed by atoms with van der Waals surface area (Å²) in [5.74, 6) is 0. The minimum absolute atomic E-state index is 0.139. The Morgan fingerprint density at radius 2 is 2.43 bits per heavy atom. The van der Waals surface area contributed by atoms with Crippen molar-refractivity contribution in [3.8, 4) is 0 Å². The fraction of sp³-hybridized carbons (Fsp3) is 0.125. The van der Waals surface area contributed by atoms with Gasteiger partial charge >= 0.3 is 5.69 Å². The van der Waals surface area contributed by atoms with E-state index in [2.05, 4.69) is 16.9 Å². The van der Waals surface area contributed by atoms with Gasteiger partial charge in [-0.15, -0.1) is 6.58 Å². The van der Waals surface area contributed by atoms with Crippen molar-refractivity contribution >= 4 is 23.0 Å². The third-order valence-electron chi connectivity index (χ3n) is 1.50. The van der Waals surface area contributed by atoms with Gasteiger partial charge in [0.25, 0.3) is 0 Å². The Morgan fingerprint density at radius 3 is 3.00 bits per heavy atom. The quantitative estimate of drug-likeness (QED) is 0.473. The van der Waals surface area contributed by atoms with E-state index in [9.17, 15) is 10.1 Å². The molecule has 0 aliphatic rings. The largest absolute Gasteiger partial charge is 0.375 e. The summed E-state index contributed by atoms with van der Waals surface area (Å²) in [6.07, 6.45) is 4.08. The van der Waals surface area contributed by atoms with Crippen molar-refractivity contribution in [2.45, 2.75) is 0 Å². The Labute approximate surface area is 85.6 Å². The van der Waals surface area contributed by atoms with Crippen molar-refractivity contribution in [2.75, 3.05) is 11.9 Å². The van der Waals surface area contributed by atoms with Crippen LogP contribution in [-0.4, -0.2) is 16.5 Å². The number of hydrogen-bond acceptors (Lipinski definition) is 4. The Balaban J connectivity index is 3.08. The number of nitrogens with zero attached hydrogens (tertiary/aromatic N) is 2. The fourth-order valence-electron chi connectivity index (χ4n) is 0.912. The van der Waals surface area contributed by atoms with Crippen molar-refractivity contribution in [3.05, 3.63) is 40.2 Å². The molecule has 0 saturated carbocycles. The lowest BCUT2D eigenvalue weighted by molar-refractivity contribution is -0.384. The molecule has 0 atom stereocenters. The molecule has 1 heterocycles. The number of hydrogen-bond donors (Lipinski definition) is 1. The highest BCUT2D eigenvalue weighted by Gasteiger charge is 2.16. The molecule has 0 unspecified atom stereocenters. The van der Waals surface area contributed by atoms with Gasteiger partial charge < -0.3 is 5.32 Å². The zero-order valence-electron chi connectivity index (χ0n) is 7.24. The summed E-state index contributed by atoms with van der Waals surface area (Å²) in [6, 6.07) is 0. The smallest absolute Gasteiger partial charge is 0.311 e. The van der Waals surface area contributed by atoms with E-state index in [0.29, 0.717) is 6.54 Å². The average Bonchev–Trinajstić information content (AvgIpc) is 2.15. The number of nitrogens with one attached hydrogen (secondary N) is 1. The maximum Gasteiger partial charge on any atom is 0.311 e. The summed E-state index contributed by atoms with van der Waals surface area (Å²) in [5.41, 5.74) is 0.130. The lowest BCUT2D eigenvalue weighted by Gasteiger charge is -2.05. The van der Waals surface area contributed by atoms with Crippen LogP contribution >= 0.6 is 11.6 Å². The second-order valence-electron chi connectivity index (χ2n) is 2.44. The second-order valence-corrected chi connectivity index (χ2v) is 2.85. The topological polar surface area (TPSA) is 68.1 Å². The van der Waals surface area contributed by atoms with E-state index in [1.54, 1.807) is 6.08 Å². The SMILES string of the molecule is C=CCNc1c(Cl)cncc1[N+](=O)[O-]. The van der Waals surface area contributed by atoms with E-state index in [1.807, 2.05) is 0 Å². The summed E-state index contributed by atoms with van der Waals surface area (Å²) in [4.78, 5) is 13.7. The van der Waals surface area contributed by atoms with Crippen LogP contribution in [0.4, 0.5) is 11.4 Å². The monoisotopic (exact) mass is 213 g/mol. The van der Waals surface area contributed by atoms with Gasteiger partial charge in [0.2, 0.25) is 0 Å². The van der Waals surface area contributed by atoms with Crippen LogP contribution in [0.25, 0.3) is 0 Å². The molecule has 6 heteroatoms. The molecule has 0 radical (unpaired) electrons. The minimum Gasteiger partial charge on any atom is -0.375 e. The molecule has 0 spiro atoms. The first-order valence-corrected chi connectivity index (χ1v) is 4.17.